The van der Waals surface area contributed by atoms with Crippen LogP contribution in [0.25, 0.3) is 11.3 Å². The summed E-state index contributed by atoms with van der Waals surface area (Å²) >= 11 is 1.48. The Labute approximate surface area is 136 Å². The molecule has 0 aliphatic carbocycles. The molecular weight excluding hydrogens is 313 g/mol. The molecule has 2 heterocycles. The predicted octanol–water partition coefficient (Wildman–Crippen LogP) is 4.19. The Bertz CT molecular complexity index is 889. The zero-order valence-electron chi connectivity index (χ0n) is 12.0. The van der Waals surface area contributed by atoms with Crippen LogP contribution in [0.15, 0.2) is 47.8 Å². The lowest BCUT2D eigenvalue weighted by molar-refractivity contribution is -0.115. The van der Waals surface area contributed by atoms with Crippen LogP contribution in [0, 0.1) is 5.82 Å². The first kappa shape index (κ1) is 13.9. The molecule has 0 bridgehead atoms. The number of amides is 1. The molecule has 0 fully saturated rings. The minimum Gasteiger partial charge on any atom is -0.332 e. The fraction of sp³-hybridized carbons (Fsp3) is 0.0588. The molecule has 0 spiro atoms. The third-order valence-corrected chi connectivity index (χ3v) is 4.38. The number of halogens is 1. The van der Waals surface area contributed by atoms with E-state index in [2.05, 4.69) is 15.6 Å². The van der Waals surface area contributed by atoms with Crippen molar-refractivity contribution < 1.29 is 9.18 Å². The number of hydrogen-bond acceptors (Lipinski definition) is 4. The average molecular weight is 325 g/mol. The zero-order valence-corrected chi connectivity index (χ0v) is 12.8. The number of rotatable bonds is 3. The van der Waals surface area contributed by atoms with Gasteiger partial charge in [0.25, 0.3) is 0 Å². The average Bonchev–Trinajstić information content (AvgIpc) is 3.14. The number of nitrogens with zero attached hydrogens (tertiary/aromatic N) is 1. The highest BCUT2D eigenvalue weighted by molar-refractivity contribution is 7.14. The molecule has 1 aliphatic heterocycles. The van der Waals surface area contributed by atoms with E-state index in [0.29, 0.717) is 6.42 Å². The lowest BCUT2D eigenvalue weighted by atomic mass is 10.1. The second-order valence-electron chi connectivity index (χ2n) is 5.27. The van der Waals surface area contributed by atoms with Crippen LogP contribution in [0.3, 0.4) is 0 Å². The topological polar surface area (TPSA) is 54.0 Å². The smallest absolute Gasteiger partial charge is 0.228 e. The van der Waals surface area contributed by atoms with E-state index in [1.165, 1.54) is 23.5 Å². The van der Waals surface area contributed by atoms with Gasteiger partial charge in [-0.05, 0) is 42.0 Å². The molecule has 1 aromatic heterocycles. The van der Waals surface area contributed by atoms with Crippen molar-refractivity contribution in [1.29, 1.82) is 0 Å². The van der Waals surface area contributed by atoms with Gasteiger partial charge in [-0.25, -0.2) is 9.37 Å². The van der Waals surface area contributed by atoms with Crippen LogP contribution >= 0.6 is 11.3 Å². The number of thiazole rings is 1. The highest BCUT2D eigenvalue weighted by Gasteiger charge is 2.18. The first-order chi connectivity index (χ1) is 11.2. The Morgan fingerprint density at radius 1 is 1.17 bits per heavy atom. The highest BCUT2D eigenvalue weighted by atomic mass is 32.1. The minimum absolute atomic E-state index is 0.0223. The van der Waals surface area contributed by atoms with E-state index < -0.39 is 0 Å². The molecule has 4 rings (SSSR count). The summed E-state index contributed by atoms with van der Waals surface area (Å²) in [6, 6.07) is 12.0. The van der Waals surface area contributed by atoms with Gasteiger partial charge in [0.05, 0.1) is 12.1 Å². The molecule has 6 heteroatoms. The van der Waals surface area contributed by atoms with Crippen molar-refractivity contribution in [3.05, 3.63) is 59.2 Å². The van der Waals surface area contributed by atoms with Gasteiger partial charge in [-0.15, -0.1) is 11.3 Å². The molecule has 0 saturated heterocycles. The molecule has 1 amide bonds. The van der Waals surface area contributed by atoms with E-state index >= 15 is 0 Å². The summed E-state index contributed by atoms with van der Waals surface area (Å²) in [6.07, 6.45) is 0.411. The van der Waals surface area contributed by atoms with Crippen LogP contribution in [-0.2, 0) is 11.2 Å². The van der Waals surface area contributed by atoms with Gasteiger partial charge in [0, 0.05) is 22.3 Å². The highest BCUT2D eigenvalue weighted by Crippen LogP contribution is 2.31. The van der Waals surface area contributed by atoms with E-state index in [0.717, 1.165) is 33.3 Å². The van der Waals surface area contributed by atoms with Crippen molar-refractivity contribution in [3.63, 3.8) is 0 Å². The fourth-order valence-electron chi connectivity index (χ4n) is 2.51. The van der Waals surface area contributed by atoms with Gasteiger partial charge >= 0.3 is 0 Å². The second-order valence-corrected chi connectivity index (χ2v) is 6.12. The van der Waals surface area contributed by atoms with Gasteiger partial charge < -0.3 is 10.6 Å². The van der Waals surface area contributed by atoms with Crippen molar-refractivity contribution in [2.75, 3.05) is 10.6 Å². The van der Waals surface area contributed by atoms with E-state index in [4.69, 9.17) is 0 Å². The first-order valence-corrected chi connectivity index (χ1v) is 7.96. The number of nitrogens with one attached hydrogen (secondary N) is 2. The summed E-state index contributed by atoms with van der Waals surface area (Å²) in [4.78, 5) is 16.0. The Morgan fingerprint density at radius 2 is 2.00 bits per heavy atom. The van der Waals surface area contributed by atoms with Crippen molar-refractivity contribution >= 4 is 33.8 Å². The Balaban J connectivity index is 1.57. The number of fused-ring (bicyclic) bond motifs is 1. The fourth-order valence-corrected chi connectivity index (χ4v) is 3.25. The SMILES string of the molecule is O=C1Cc2cc(-c3csc(Nc4ccc(F)cc4)n3)ccc2N1. The van der Waals surface area contributed by atoms with Gasteiger partial charge in [-0.2, -0.15) is 0 Å². The number of hydrogen-bond donors (Lipinski definition) is 2. The molecule has 4 nitrogen and oxygen atoms in total. The molecule has 0 saturated carbocycles. The van der Waals surface area contributed by atoms with Crippen LogP contribution in [-0.4, -0.2) is 10.9 Å². The predicted molar refractivity (Wildman–Crippen MR) is 89.6 cm³/mol. The molecule has 0 radical (unpaired) electrons. The second kappa shape index (κ2) is 5.48. The van der Waals surface area contributed by atoms with Gasteiger partial charge in [0.2, 0.25) is 5.91 Å². The molecule has 0 atom stereocenters. The van der Waals surface area contributed by atoms with Gasteiger partial charge in [0.15, 0.2) is 5.13 Å². The quantitative estimate of drug-likeness (QED) is 0.759. The minimum atomic E-state index is -0.267. The molecule has 0 unspecified atom stereocenters. The third-order valence-electron chi connectivity index (χ3n) is 3.63. The molecule has 1 aliphatic rings. The maximum absolute atomic E-state index is 12.9. The lowest BCUT2D eigenvalue weighted by Gasteiger charge is -2.03. The number of benzene rings is 2. The van der Waals surface area contributed by atoms with Crippen molar-refractivity contribution in [3.8, 4) is 11.3 Å². The zero-order chi connectivity index (χ0) is 15.8. The summed E-state index contributed by atoms with van der Waals surface area (Å²) in [5, 5.41) is 8.67. The normalized spacial score (nSPS) is 12.8. The molecule has 23 heavy (non-hydrogen) atoms. The number of anilines is 3. The summed E-state index contributed by atoms with van der Waals surface area (Å²) in [7, 11) is 0. The van der Waals surface area contributed by atoms with Crippen molar-refractivity contribution in [1.82, 2.24) is 4.98 Å². The van der Waals surface area contributed by atoms with E-state index in [9.17, 15) is 9.18 Å². The third kappa shape index (κ3) is 2.80. The summed E-state index contributed by atoms with van der Waals surface area (Å²) in [6.45, 7) is 0. The summed E-state index contributed by atoms with van der Waals surface area (Å²) in [5.41, 5.74) is 4.48. The molecular formula is C17H12FN3OS. The molecule has 2 aromatic carbocycles. The van der Waals surface area contributed by atoms with E-state index in [1.54, 1.807) is 12.1 Å². The summed E-state index contributed by atoms with van der Waals surface area (Å²) < 4.78 is 12.9. The standard InChI is InChI=1S/C17H12FN3OS/c18-12-2-4-13(5-3-12)19-17-21-15(9-23-17)10-1-6-14-11(7-10)8-16(22)20-14/h1-7,9H,8H2,(H,19,21)(H,20,22). The largest absolute Gasteiger partial charge is 0.332 e. The monoisotopic (exact) mass is 325 g/mol. The van der Waals surface area contributed by atoms with E-state index in [-0.39, 0.29) is 11.7 Å². The van der Waals surface area contributed by atoms with Gasteiger partial charge in [-0.3, -0.25) is 4.79 Å². The Kier molecular flexibility index (Phi) is 3.31. The van der Waals surface area contributed by atoms with Crippen molar-refractivity contribution in [2.24, 2.45) is 0 Å². The number of carbonyl (C=O) groups is 1. The Morgan fingerprint density at radius 3 is 2.83 bits per heavy atom. The van der Waals surface area contributed by atoms with E-state index in [1.807, 2.05) is 23.6 Å². The lowest BCUT2D eigenvalue weighted by Crippen LogP contribution is -2.03. The number of aromatic nitrogens is 1. The Hall–Kier alpha value is -2.73. The number of carbonyl (C=O) groups excluding carboxylic acids is 1. The van der Waals surface area contributed by atoms with Crippen LogP contribution < -0.4 is 10.6 Å². The van der Waals surface area contributed by atoms with Crippen molar-refractivity contribution in [2.45, 2.75) is 6.42 Å². The van der Waals surface area contributed by atoms with Crippen LogP contribution in [0.5, 0.6) is 0 Å². The van der Waals surface area contributed by atoms with Gasteiger partial charge in [0.1, 0.15) is 5.82 Å². The summed E-state index contributed by atoms with van der Waals surface area (Å²) in [5.74, 6) is -0.245. The van der Waals surface area contributed by atoms with Crippen LogP contribution in [0.4, 0.5) is 20.9 Å². The molecule has 2 N–H and O–H groups in total. The van der Waals surface area contributed by atoms with Gasteiger partial charge in [-0.1, -0.05) is 6.07 Å². The van der Waals surface area contributed by atoms with Crippen LogP contribution in [0.1, 0.15) is 5.56 Å². The maximum Gasteiger partial charge on any atom is 0.228 e. The molecule has 3 aromatic rings. The molecule has 114 valence electrons. The first-order valence-electron chi connectivity index (χ1n) is 7.09. The van der Waals surface area contributed by atoms with Crippen LogP contribution in [0.2, 0.25) is 0 Å². The maximum atomic E-state index is 12.9.